The summed E-state index contributed by atoms with van der Waals surface area (Å²) in [6.07, 6.45) is 6.23. The molecule has 0 saturated heterocycles. The van der Waals surface area contributed by atoms with E-state index in [4.69, 9.17) is 0 Å². The first-order valence-corrected chi connectivity index (χ1v) is 5.26. The van der Waals surface area contributed by atoms with E-state index in [0.29, 0.717) is 5.41 Å². The number of nitrogens with one attached hydrogen (secondary N) is 1. The molecule has 0 fully saturated rings. The highest BCUT2D eigenvalue weighted by Gasteiger charge is 2.28. The Labute approximate surface area is 82.6 Å². The quantitative estimate of drug-likeness (QED) is 0.645. The van der Waals surface area contributed by atoms with E-state index in [1.54, 1.807) is 5.57 Å². The molecule has 0 amide bonds. The molecule has 1 aliphatic rings. The van der Waals surface area contributed by atoms with E-state index in [2.05, 4.69) is 39.1 Å². The molecule has 76 valence electrons. The van der Waals surface area contributed by atoms with Crippen LogP contribution >= 0.6 is 0 Å². The summed E-state index contributed by atoms with van der Waals surface area (Å²) in [7, 11) is 2.04. The molecule has 0 bridgehead atoms. The summed E-state index contributed by atoms with van der Waals surface area (Å²) < 4.78 is 0. The fraction of sp³-hybridized carbons (Fsp3) is 0.833. The molecule has 1 N–H and O–H groups in total. The first-order chi connectivity index (χ1) is 5.87. The van der Waals surface area contributed by atoms with Gasteiger partial charge in [-0.05, 0) is 45.6 Å². The molecular weight excluding hydrogens is 158 g/mol. The Morgan fingerprint density at radius 2 is 2.00 bits per heavy atom. The molecule has 0 unspecified atom stereocenters. The van der Waals surface area contributed by atoms with Gasteiger partial charge in [-0.25, -0.2) is 0 Å². The van der Waals surface area contributed by atoms with Gasteiger partial charge in [0.15, 0.2) is 0 Å². The van der Waals surface area contributed by atoms with Gasteiger partial charge in [-0.1, -0.05) is 25.5 Å². The highest BCUT2D eigenvalue weighted by Crippen LogP contribution is 2.37. The molecule has 0 aromatic heterocycles. The van der Waals surface area contributed by atoms with Crippen molar-refractivity contribution in [2.45, 2.75) is 52.5 Å². The SMILES string of the molecule is CNC(C)(C)C1=CCC(C)(C)CC1. The standard InChI is InChI=1S/C12H23N/c1-11(2)8-6-10(7-9-11)12(3,4)13-5/h6,13H,7-9H2,1-5H3. The van der Waals surface area contributed by atoms with E-state index >= 15 is 0 Å². The summed E-state index contributed by atoms with van der Waals surface area (Å²) in [5.41, 5.74) is 2.29. The van der Waals surface area contributed by atoms with E-state index in [1.807, 2.05) is 7.05 Å². The molecule has 0 heterocycles. The molecule has 13 heavy (non-hydrogen) atoms. The van der Waals surface area contributed by atoms with E-state index in [-0.39, 0.29) is 5.54 Å². The third kappa shape index (κ3) is 2.57. The molecule has 1 aliphatic carbocycles. The zero-order chi connectivity index (χ0) is 10.1. The van der Waals surface area contributed by atoms with Crippen LogP contribution < -0.4 is 5.32 Å². The predicted octanol–water partition coefficient (Wildman–Crippen LogP) is 3.12. The van der Waals surface area contributed by atoms with Gasteiger partial charge in [-0.2, -0.15) is 0 Å². The Morgan fingerprint density at radius 1 is 1.38 bits per heavy atom. The molecule has 0 aromatic rings. The molecular formula is C12H23N. The minimum Gasteiger partial charge on any atom is -0.311 e. The number of likely N-dealkylation sites (N-methyl/N-ethyl adjacent to an activating group) is 1. The Morgan fingerprint density at radius 3 is 2.38 bits per heavy atom. The first-order valence-electron chi connectivity index (χ1n) is 5.26. The van der Waals surface area contributed by atoms with Crippen molar-refractivity contribution in [3.8, 4) is 0 Å². The molecule has 1 rings (SSSR count). The summed E-state index contributed by atoms with van der Waals surface area (Å²) in [4.78, 5) is 0. The van der Waals surface area contributed by atoms with Crippen LogP contribution in [0.15, 0.2) is 11.6 Å². The van der Waals surface area contributed by atoms with Crippen molar-refractivity contribution in [3.05, 3.63) is 11.6 Å². The van der Waals surface area contributed by atoms with Crippen LogP contribution in [-0.4, -0.2) is 12.6 Å². The lowest BCUT2D eigenvalue weighted by Crippen LogP contribution is -2.39. The summed E-state index contributed by atoms with van der Waals surface area (Å²) in [5, 5.41) is 3.37. The number of allylic oxidation sites excluding steroid dienone is 1. The van der Waals surface area contributed by atoms with Crippen molar-refractivity contribution in [3.63, 3.8) is 0 Å². The maximum absolute atomic E-state index is 3.37. The van der Waals surface area contributed by atoms with Crippen molar-refractivity contribution in [2.24, 2.45) is 5.41 Å². The molecule has 0 aromatic carbocycles. The van der Waals surface area contributed by atoms with Crippen molar-refractivity contribution >= 4 is 0 Å². The maximum Gasteiger partial charge on any atom is 0.0334 e. The molecule has 1 heteroatoms. The van der Waals surface area contributed by atoms with E-state index in [0.717, 1.165) is 0 Å². The lowest BCUT2D eigenvalue weighted by atomic mass is 9.74. The average Bonchev–Trinajstić information content (AvgIpc) is 2.04. The molecule has 0 saturated carbocycles. The predicted molar refractivity (Wildman–Crippen MR) is 58.9 cm³/mol. The van der Waals surface area contributed by atoms with Gasteiger partial charge in [-0.3, -0.25) is 0 Å². The second kappa shape index (κ2) is 3.45. The summed E-state index contributed by atoms with van der Waals surface area (Å²) in [5.74, 6) is 0. The Balaban J connectivity index is 2.71. The van der Waals surface area contributed by atoms with E-state index in [1.165, 1.54) is 19.3 Å². The van der Waals surface area contributed by atoms with Crippen LogP contribution in [0.25, 0.3) is 0 Å². The monoisotopic (exact) mass is 181 g/mol. The van der Waals surface area contributed by atoms with Crippen molar-refractivity contribution < 1.29 is 0 Å². The molecule has 0 aliphatic heterocycles. The Kier molecular flexibility index (Phi) is 2.86. The smallest absolute Gasteiger partial charge is 0.0334 e. The van der Waals surface area contributed by atoms with E-state index in [9.17, 15) is 0 Å². The van der Waals surface area contributed by atoms with Gasteiger partial charge in [0.2, 0.25) is 0 Å². The van der Waals surface area contributed by atoms with Gasteiger partial charge in [0, 0.05) is 5.54 Å². The second-order valence-electron chi connectivity index (χ2n) is 5.47. The van der Waals surface area contributed by atoms with Crippen molar-refractivity contribution in [1.29, 1.82) is 0 Å². The molecule has 0 atom stereocenters. The maximum atomic E-state index is 3.37. The van der Waals surface area contributed by atoms with Gasteiger partial charge in [0.1, 0.15) is 0 Å². The largest absolute Gasteiger partial charge is 0.311 e. The zero-order valence-electron chi connectivity index (χ0n) is 9.70. The fourth-order valence-electron chi connectivity index (χ4n) is 1.80. The van der Waals surface area contributed by atoms with Gasteiger partial charge in [-0.15, -0.1) is 0 Å². The molecule has 0 spiro atoms. The van der Waals surface area contributed by atoms with Gasteiger partial charge in [0.25, 0.3) is 0 Å². The second-order valence-corrected chi connectivity index (χ2v) is 5.47. The van der Waals surface area contributed by atoms with Crippen LogP contribution in [0.5, 0.6) is 0 Å². The number of rotatable bonds is 2. The highest BCUT2D eigenvalue weighted by atomic mass is 14.9. The first kappa shape index (κ1) is 10.8. The Bertz CT molecular complexity index is 211. The van der Waals surface area contributed by atoms with Crippen LogP contribution in [0.2, 0.25) is 0 Å². The van der Waals surface area contributed by atoms with Crippen molar-refractivity contribution in [1.82, 2.24) is 5.32 Å². The zero-order valence-corrected chi connectivity index (χ0v) is 9.70. The van der Waals surface area contributed by atoms with Crippen LogP contribution in [-0.2, 0) is 0 Å². The molecule has 1 nitrogen and oxygen atoms in total. The minimum atomic E-state index is 0.191. The fourth-order valence-corrected chi connectivity index (χ4v) is 1.80. The van der Waals surface area contributed by atoms with Crippen molar-refractivity contribution in [2.75, 3.05) is 7.05 Å². The number of hydrogen-bond acceptors (Lipinski definition) is 1. The van der Waals surface area contributed by atoms with Gasteiger partial charge in [0.05, 0.1) is 0 Å². The van der Waals surface area contributed by atoms with E-state index < -0.39 is 0 Å². The average molecular weight is 181 g/mol. The summed E-state index contributed by atoms with van der Waals surface area (Å²) in [6, 6.07) is 0. The lowest BCUT2D eigenvalue weighted by molar-refractivity contribution is 0.306. The summed E-state index contributed by atoms with van der Waals surface area (Å²) >= 11 is 0. The van der Waals surface area contributed by atoms with Crippen LogP contribution in [0.1, 0.15) is 47.0 Å². The minimum absolute atomic E-state index is 0.191. The van der Waals surface area contributed by atoms with Crippen LogP contribution in [0.3, 0.4) is 0 Å². The lowest BCUT2D eigenvalue weighted by Gasteiger charge is -2.35. The normalized spacial score (nSPS) is 22.7. The van der Waals surface area contributed by atoms with Crippen LogP contribution in [0.4, 0.5) is 0 Å². The third-order valence-electron chi connectivity index (χ3n) is 3.40. The van der Waals surface area contributed by atoms with Gasteiger partial charge < -0.3 is 5.32 Å². The van der Waals surface area contributed by atoms with Crippen LogP contribution in [0, 0.1) is 5.41 Å². The topological polar surface area (TPSA) is 12.0 Å². The highest BCUT2D eigenvalue weighted by molar-refractivity contribution is 5.20. The Hall–Kier alpha value is -0.300. The van der Waals surface area contributed by atoms with Gasteiger partial charge >= 0.3 is 0 Å². The number of hydrogen-bond donors (Lipinski definition) is 1. The third-order valence-corrected chi connectivity index (χ3v) is 3.40. The summed E-state index contributed by atoms with van der Waals surface area (Å²) in [6.45, 7) is 9.23. The molecule has 0 radical (unpaired) electrons.